The number of carbonyl (C=O) groups is 2. The summed E-state index contributed by atoms with van der Waals surface area (Å²) in [6, 6.07) is 0. The average molecular weight is 801 g/mol. The molecule has 5 nitrogen and oxygen atoms in total. The van der Waals surface area contributed by atoms with Crippen molar-refractivity contribution in [1.29, 1.82) is 0 Å². The van der Waals surface area contributed by atoms with E-state index in [1.54, 1.807) is 0 Å². The maximum absolute atomic E-state index is 12.2. The average Bonchev–Trinajstić information content (AvgIpc) is 3.23. The van der Waals surface area contributed by atoms with Crippen LogP contribution in [0, 0.1) is 0 Å². The highest BCUT2D eigenvalue weighted by Crippen LogP contribution is 2.11. The third-order valence-electron chi connectivity index (χ3n) is 9.24. The molecule has 0 aromatic carbocycles. The summed E-state index contributed by atoms with van der Waals surface area (Å²) in [4.78, 5) is 24.3. The van der Waals surface area contributed by atoms with Crippen molar-refractivity contribution in [3.05, 3.63) is 122 Å². The molecule has 0 aliphatic carbocycles. The molecule has 58 heavy (non-hydrogen) atoms. The van der Waals surface area contributed by atoms with E-state index in [-0.39, 0.29) is 31.6 Å². The van der Waals surface area contributed by atoms with Crippen molar-refractivity contribution >= 4 is 11.9 Å². The zero-order valence-electron chi connectivity index (χ0n) is 37.0. The van der Waals surface area contributed by atoms with Gasteiger partial charge in [0.1, 0.15) is 6.61 Å². The summed E-state index contributed by atoms with van der Waals surface area (Å²) in [6.45, 7) is 3.95. The summed E-state index contributed by atoms with van der Waals surface area (Å²) in [5.41, 5.74) is 0. The van der Waals surface area contributed by atoms with Gasteiger partial charge in [-0.3, -0.25) is 9.59 Å². The molecule has 0 fully saturated rings. The van der Waals surface area contributed by atoms with Gasteiger partial charge in [-0.15, -0.1) is 0 Å². The number of aliphatic hydroxyl groups is 1. The van der Waals surface area contributed by atoms with Gasteiger partial charge in [0.05, 0.1) is 6.61 Å². The van der Waals surface area contributed by atoms with E-state index in [1.807, 2.05) is 0 Å². The highest BCUT2D eigenvalue weighted by atomic mass is 16.6. The molecule has 0 aromatic heterocycles. The fourth-order valence-electron chi connectivity index (χ4n) is 5.78. The Kier molecular flexibility index (Phi) is 44.6. The van der Waals surface area contributed by atoms with Crippen LogP contribution in [0.1, 0.15) is 181 Å². The number of rotatable bonds is 40. The number of unbranched alkanes of at least 4 members (excludes halogenated alkanes) is 12. The van der Waals surface area contributed by atoms with Gasteiger partial charge in [0.2, 0.25) is 0 Å². The summed E-state index contributed by atoms with van der Waals surface area (Å²) in [5.74, 6) is -0.681. The number of allylic oxidation sites excluding steroid dienone is 20. The van der Waals surface area contributed by atoms with Gasteiger partial charge < -0.3 is 14.6 Å². The molecule has 1 N–H and O–H groups in total. The second-order valence-electron chi connectivity index (χ2n) is 14.7. The Morgan fingerprint density at radius 3 is 1.19 bits per heavy atom. The van der Waals surface area contributed by atoms with Gasteiger partial charge in [-0.05, 0) is 103 Å². The standard InChI is InChI=1S/C53H84O5/c1-3-5-7-9-11-13-15-17-19-20-21-22-23-24-25-26-27-28-29-30-31-32-34-36-38-40-42-44-46-48-53(56)58-51(49-54)50-57-52(55)47-45-43-41-39-37-35-33-18-16-14-12-10-8-6-4-2/h5,7,11,13,17-19,21-22,24-25,27-28,30-31,33-34,36,40,42,51,54H,3-4,6,8-10,12,14-16,20,23,26,29,32,35,37-39,41,43-50H2,1-2H3/b7-5-,13-11-,19-17-,22-21-,25-24-,28-27-,31-30-,33-18-,36-34-,42-40-. The molecule has 0 radical (unpaired) electrons. The van der Waals surface area contributed by atoms with Crippen molar-refractivity contribution in [2.24, 2.45) is 0 Å². The monoisotopic (exact) mass is 801 g/mol. The van der Waals surface area contributed by atoms with Crippen LogP contribution < -0.4 is 0 Å². The van der Waals surface area contributed by atoms with Crippen molar-refractivity contribution in [2.75, 3.05) is 13.2 Å². The Hall–Kier alpha value is -3.70. The van der Waals surface area contributed by atoms with Gasteiger partial charge in [0.15, 0.2) is 6.10 Å². The van der Waals surface area contributed by atoms with Crippen LogP contribution in [0.3, 0.4) is 0 Å². The van der Waals surface area contributed by atoms with Crippen LogP contribution in [0.5, 0.6) is 0 Å². The molecule has 0 rings (SSSR count). The quantitative estimate of drug-likeness (QED) is 0.0380. The highest BCUT2D eigenvalue weighted by molar-refractivity contribution is 5.70. The van der Waals surface area contributed by atoms with E-state index in [1.165, 1.54) is 57.8 Å². The van der Waals surface area contributed by atoms with Crippen LogP contribution in [0.25, 0.3) is 0 Å². The first kappa shape index (κ1) is 54.3. The number of carbonyl (C=O) groups excluding carboxylic acids is 2. The number of hydrogen-bond acceptors (Lipinski definition) is 5. The lowest BCUT2D eigenvalue weighted by molar-refractivity contribution is -0.161. The Balaban J connectivity index is 3.74. The van der Waals surface area contributed by atoms with Gasteiger partial charge in [0.25, 0.3) is 0 Å². The summed E-state index contributed by atoms with van der Waals surface area (Å²) < 4.78 is 10.6. The lowest BCUT2D eigenvalue weighted by atomic mass is 10.1. The molecular weight excluding hydrogens is 717 g/mol. The predicted molar refractivity (Wildman–Crippen MR) is 251 cm³/mol. The zero-order valence-corrected chi connectivity index (χ0v) is 37.0. The SMILES string of the molecule is CC/C=C\C/C=C\C/C=C\C/C=C\C/C=C\C/C=C\C/C=C\C/C=C\C/C=C\CCCC(=O)OC(CO)COC(=O)CCCCCCC/C=C\CCCCCCCC. The van der Waals surface area contributed by atoms with Gasteiger partial charge in [-0.1, -0.05) is 187 Å². The van der Waals surface area contributed by atoms with E-state index < -0.39 is 6.10 Å². The summed E-state index contributed by atoms with van der Waals surface area (Å²) in [5, 5.41) is 9.58. The van der Waals surface area contributed by atoms with Crippen LogP contribution in [0.2, 0.25) is 0 Å². The molecule has 0 amide bonds. The van der Waals surface area contributed by atoms with Crippen LogP contribution in [-0.4, -0.2) is 36.4 Å². The largest absolute Gasteiger partial charge is 0.462 e. The first-order valence-electron chi connectivity index (χ1n) is 23.1. The van der Waals surface area contributed by atoms with Crippen LogP contribution in [0.4, 0.5) is 0 Å². The van der Waals surface area contributed by atoms with Crippen LogP contribution >= 0.6 is 0 Å². The molecule has 0 aromatic rings. The van der Waals surface area contributed by atoms with Crippen molar-refractivity contribution < 1.29 is 24.2 Å². The first-order chi connectivity index (χ1) is 28.6. The topological polar surface area (TPSA) is 72.8 Å². The van der Waals surface area contributed by atoms with E-state index in [2.05, 4.69) is 135 Å². The van der Waals surface area contributed by atoms with Crippen molar-refractivity contribution in [3.8, 4) is 0 Å². The lowest BCUT2D eigenvalue weighted by Crippen LogP contribution is -2.28. The van der Waals surface area contributed by atoms with E-state index >= 15 is 0 Å². The maximum atomic E-state index is 12.2. The van der Waals surface area contributed by atoms with Crippen molar-refractivity contribution in [2.45, 2.75) is 187 Å². The van der Waals surface area contributed by atoms with Gasteiger partial charge in [-0.2, -0.15) is 0 Å². The zero-order chi connectivity index (χ0) is 42.1. The molecule has 5 heteroatoms. The van der Waals surface area contributed by atoms with Gasteiger partial charge in [0, 0.05) is 12.8 Å². The Morgan fingerprint density at radius 2 is 0.759 bits per heavy atom. The minimum absolute atomic E-state index is 0.101. The second-order valence-corrected chi connectivity index (χ2v) is 14.7. The summed E-state index contributed by atoms with van der Waals surface area (Å²) >= 11 is 0. The number of aliphatic hydroxyl groups excluding tert-OH is 1. The van der Waals surface area contributed by atoms with Crippen LogP contribution in [-0.2, 0) is 19.1 Å². The third-order valence-corrected chi connectivity index (χ3v) is 9.24. The molecule has 0 aliphatic rings. The normalized spacial score (nSPS) is 13.4. The molecule has 1 unspecified atom stereocenters. The summed E-state index contributed by atoms with van der Waals surface area (Å²) in [7, 11) is 0. The third kappa shape index (κ3) is 45.0. The predicted octanol–water partition coefficient (Wildman–Crippen LogP) is 15.2. The fourth-order valence-corrected chi connectivity index (χ4v) is 5.78. The highest BCUT2D eigenvalue weighted by Gasteiger charge is 2.15. The number of hydrogen-bond donors (Lipinski definition) is 1. The molecule has 0 saturated heterocycles. The van der Waals surface area contributed by atoms with E-state index in [9.17, 15) is 14.7 Å². The Morgan fingerprint density at radius 1 is 0.414 bits per heavy atom. The lowest BCUT2D eigenvalue weighted by Gasteiger charge is -2.15. The maximum Gasteiger partial charge on any atom is 0.306 e. The molecule has 0 saturated carbocycles. The molecular formula is C53H84O5. The minimum atomic E-state index is -0.814. The molecule has 0 spiro atoms. The van der Waals surface area contributed by atoms with Crippen molar-refractivity contribution in [3.63, 3.8) is 0 Å². The van der Waals surface area contributed by atoms with Gasteiger partial charge in [-0.25, -0.2) is 0 Å². The molecule has 1 atom stereocenters. The molecule has 0 aliphatic heterocycles. The first-order valence-corrected chi connectivity index (χ1v) is 23.1. The summed E-state index contributed by atoms with van der Waals surface area (Å²) in [6.07, 6.45) is 69.9. The minimum Gasteiger partial charge on any atom is -0.462 e. The smallest absolute Gasteiger partial charge is 0.306 e. The molecule has 0 bridgehead atoms. The van der Waals surface area contributed by atoms with E-state index in [4.69, 9.17) is 9.47 Å². The number of esters is 2. The van der Waals surface area contributed by atoms with Crippen LogP contribution in [0.15, 0.2) is 122 Å². The van der Waals surface area contributed by atoms with Crippen molar-refractivity contribution in [1.82, 2.24) is 0 Å². The van der Waals surface area contributed by atoms with Gasteiger partial charge >= 0.3 is 11.9 Å². The van der Waals surface area contributed by atoms with E-state index in [0.29, 0.717) is 12.8 Å². The van der Waals surface area contributed by atoms with E-state index in [0.717, 1.165) is 89.9 Å². The fraction of sp³-hybridized carbons (Fsp3) is 0.585. The Labute approximate surface area is 356 Å². The second kappa shape index (κ2) is 47.7. The number of ether oxygens (including phenoxy) is 2. The molecule has 326 valence electrons. The molecule has 0 heterocycles. The Bertz CT molecular complexity index is 1220.